The van der Waals surface area contributed by atoms with Gasteiger partial charge in [0.15, 0.2) is 0 Å². The lowest BCUT2D eigenvalue weighted by Gasteiger charge is -2.21. The molecule has 1 aromatic rings. The molecule has 6 N–H and O–H groups in total. The highest BCUT2D eigenvalue weighted by Crippen LogP contribution is 2.59. The smallest absolute Gasteiger partial charge is 0.360 e. The van der Waals surface area contributed by atoms with Gasteiger partial charge in [0.1, 0.15) is 5.75 Å². The molecule has 0 radical (unpaired) electrons. The minimum Gasteiger partial charge on any atom is -0.506 e. The molecular weight excluding hydrogens is 274 g/mol. The molecule has 0 saturated carbocycles. The van der Waals surface area contributed by atoms with Crippen molar-refractivity contribution in [2.24, 2.45) is 0 Å². The standard InChI is InChI=1S/C6H10N2O7P2/c9-5-1-4(2-7-3-5)8-6(16(10,11)12)17(13,14)15/h1-3,6,8-9H,(H2,10,11,12)(H2,13,14,15). The summed E-state index contributed by atoms with van der Waals surface area (Å²) in [5.74, 6) is -0.315. The molecule has 1 heterocycles. The average Bonchev–Trinajstić information content (AvgIpc) is 2.10. The predicted molar refractivity (Wildman–Crippen MR) is 57.4 cm³/mol. The molecule has 11 heteroatoms. The van der Waals surface area contributed by atoms with Crippen molar-refractivity contribution < 1.29 is 33.8 Å². The van der Waals surface area contributed by atoms with Crippen molar-refractivity contribution in [1.82, 2.24) is 4.98 Å². The Morgan fingerprint density at radius 2 is 1.65 bits per heavy atom. The van der Waals surface area contributed by atoms with Crippen molar-refractivity contribution in [3.8, 4) is 5.75 Å². The highest BCUT2D eigenvalue weighted by atomic mass is 31.2. The number of nitrogens with one attached hydrogen (secondary N) is 1. The van der Waals surface area contributed by atoms with Crippen LogP contribution in [0, 0.1) is 0 Å². The molecule has 0 unspecified atom stereocenters. The number of rotatable bonds is 4. The largest absolute Gasteiger partial charge is 0.506 e. The summed E-state index contributed by atoms with van der Waals surface area (Å²) < 4.78 is 21.8. The summed E-state index contributed by atoms with van der Waals surface area (Å²) in [4.78, 5) is 38.8. The van der Waals surface area contributed by atoms with Gasteiger partial charge in [0.2, 0.25) is 5.52 Å². The van der Waals surface area contributed by atoms with Crippen LogP contribution < -0.4 is 5.32 Å². The van der Waals surface area contributed by atoms with E-state index in [0.717, 1.165) is 18.5 Å². The Morgan fingerprint density at radius 3 is 2.06 bits per heavy atom. The van der Waals surface area contributed by atoms with Crippen LogP contribution in [0.15, 0.2) is 18.5 Å². The Labute approximate surface area is 95.5 Å². The predicted octanol–water partition coefficient (Wildman–Crippen LogP) is -0.162. The maximum Gasteiger partial charge on any atom is 0.360 e. The number of aromatic hydroxyl groups is 1. The van der Waals surface area contributed by atoms with Crippen molar-refractivity contribution in [2.45, 2.75) is 5.52 Å². The fourth-order valence-corrected chi connectivity index (χ4v) is 3.22. The second-order valence-corrected chi connectivity index (χ2v) is 6.92. The molecule has 0 aliphatic rings. The molecule has 0 fully saturated rings. The summed E-state index contributed by atoms with van der Waals surface area (Å²) in [6.45, 7) is 0. The van der Waals surface area contributed by atoms with E-state index in [4.69, 9.17) is 24.7 Å². The third kappa shape index (κ3) is 4.08. The quantitative estimate of drug-likeness (QED) is 0.412. The van der Waals surface area contributed by atoms with E-state index in [1.54, 1.807) is 0 Å². The molecule has 9 nitrogen and oxygen atoms in total. The van der Waals surface area contributed by atoms with Gasteiger partial charge >= 0.3 is 15.2 Å². The zero-order valence-corrected chi connectivity index (χ0v) is 9.99. The minimum atomic E-state index is -5.06. The molecule has 0 amide bonds. The van der Waals surface area contributed by atoms with Crippen LogP contribution in [-0.4, -0.2) is 35.2 Å². The van der Waals surface area contributed by atoms with Crippen molar-refractivity contribution in [1.29, 1.82) is 0 Å². The van der Waals surface area contributed by atoms with Gasteiger partial charge in [0, 0.05) is 6.07 Å². The van der Waals surface area contributed by atoms with E-state index in [-0.39, 0.29) is 11.4 Å². The monoisotopic (exact) mass is 284 g/mol. The van der Waals surface area contributed by atoms with Crippen LogP contribution in [-0.2, 0) is 9.13 Å². The van der Waals surface area contributed by atoms with Crippen LogP contribution in [0.1, 0.15) is 0 Å². The molecule has 0 bridgehead atoms. The van der Waals surface area contributed by atoms with Gasteiger partial charge in [0.25, 0.3) is 0 Å². The van der Waals surface area contributed by atoms with Gasteiger partial charge in [-0.3, -0.25) is 14.1 Å². The van der Waals surface area contributed by atoms with Crippen LogP contribution in [0.3, 0.4) is 0 Å². The van der Waals surface area contributed by atoms with Crippen molar-refractivity contribution in [2.75, 3.05) is 5.32 Å². The highest BCUT2D eigenvalue weighted by Gasteiger charge is 2.43. The number of hydrogen-bond donors (Lipinski definition) is 6. The van der Waals surface area contributed by atoms with E-state index >= 15 is 0 Å². The molecule has 96 valence electrons. The van der Waals surface area contributed by atoms with Gasteiger partial charge in [0.05, 0.1) is 18.1 Å². The molecule has 0 atom stereocenters. The first kappa shape index (κ1) is 14.1. The first-order valence-corrected chi connectivity index (χ1v) is 7.48. The maximum atomic E-state index is 10.9. The molecule has 1 rings (SSSR count). The van der Waals surface area contributed by atoms with Crippen molar-refractivity contribution in [3.63, 3.8) is 0 Å². The summed E-state index contributed by atoms with van der Waals surface area (Å²) in [5, 5.41) is 11.0. The third-order valence-electron chi connectivity index (χ3n) is 1.66. The molecule has 0 saturated heterocycles. The van der Waals surface area contributed by atoms with Crippen LogP contribution in [0.25, 0.3) is 0 Å². The Morgan fingerprint density at radius 1 is 1.12 bits per heavy atom. The summed E-state index contributed by atoms with van der Waals surface area (Å²) in [6, 6.07) is 1.02. The van der Waals surface area contributed by atoms with Gasteiger partial charge in [-0.15, -0.1) is 0 Å². The van der Waals surface area contributed by atoms with E-state index in [0.29, 0.717) is 0 Å². The van der Waals surface area contributed by atoms with Crippen molar-refractivity contribution in [3.05, 3.63) is 18.5 Å². The van der Waals surface area contributed by atoms with E-state index in [9.17, 15) is 9.13 Å². The first-order valence-electron chi connectivity index (χ1n) is 4.11. The number of pyridine rings is 1. The third-order valence-corrected chi connectivity index (χ3v) is 4.99. The lowest BCUT2D eigenvalue weighted by atomic mass is 10.4. The van der Waals surface area contributed by atoms with Gasteiger partial charge in [-0.2, -0.15) is 0 Å². The van der Waals surface area contributed by atoms with E-state index in [1.807, 2.05) is 5.32 Å². The molecular formula is C6H10N2O7P2. The summed E-state index contributed by atoms with van der Waals surface area (Å²) in [7, 11) is -10.1. The SMILES string of the molecule is O=P(O)(O)C(Nc1cncc(O)c1)P(=O)(O)O. The van der Waals surface area contributed by atoms with Crippen molar-refractivity contribution >= 4 is 20.9 Å². The molecule has 17 heavy (non-hydrogen) atoms. The fraction of sp³-hybridized carbons (Fsp3) is 0.167. The van der Waals surface area contributed by atoms with Gasteiger partial charge < -0.3 is 30.0 Å². The lowest BCUT2D eigenvalue weighted by molar-refractivity contribution is 0.343. The second-order valence-electron chi connectivity index (χ2n) is 3.13. The topological polar surface area (TPSA) is 160 Å². The number of aromatic nitrogens is 1. The van der Waals surface area contributed by atoms with E-state index < -0.39 is 20.7 Å². The second kappa shape index (κ2) is 4.73. The Bertz CT molecular complexity index is 473. The molecule has 1 aromatic heterocycles. The zero-order chi connectivity index (χ0) is 13.3. The molecule has 0 aromatic carbocycles. The van der Waals surface area contributed by atoms with Gasteiger partial charge in [-0.25, -0.2) is 0 Å². The highest BCUT2D eigenvalue weighted by molar-refractivity contribution is 7.71. The summed E-state index contributed by atoms with van der Waals surface area (Å²) in [5.41, 5.74) is -2.50. The number of nitrogens with zero attached hydrogens (tertiary/aromatic N) is 1. The summed E-state index contributed by atoms with van der Waals surface area (Å²) >= 11 is 0. The zero-order valence-electron chi connectivity index (χ0n) is 8.20. The van der Waals surface area contributed by atoms with Crippen LogP contribution in [0.5, 0.6) is 5.75 Å². The van der Waals surface area contributed by atoms with Crippen LogP contribution in [0.4, 0.5) is 5.69 Å². The molecule has 0 aliphatic heterocycles. The maximum absolute atomic E-state index is 10.9. The Hall–Kier alpha value is -0.950. The number of anilines is 1. The average molecular weight is 284 g/mol. The summed E-state index contributed by atoms with van der Waals surface area (Å²) in [6.07, 6.45) is 2.10. The van der Waals surface area contributed by atoms with E-state index in [2.05, 4.69) is 4.98 Å². The van der Waals surface area contributed by atoms with E-state index in [1.165, 1.54) is 0 Å². The lowest BCUT2D eigenvalue weighted by Crippen LogP contribution is -2.19. The Balaban J connectivity index is 3.04. The minimum absolute atomic E-state index is 0.123. The molecule has 0 spiro atoms. The van der Waals surface area contributed by atoms with Gasteiger partial charge in [-0.1, -0.05) is 0 Å². The van der Waals surface area contributed by atoms with Crippen LogP contribution >= 0.6 is 15.2 Å². The van der Waals surface area contributed by atoms with Gasteiger partial charge in [-0.05, 0) is 0 Å². The normalized spacial score (nSPS) is 12.8. The number of hydrogen-bond acceptors (Lipinski definition) is 5. The molecule has 0 aliphatic carbocycles. The van der Waals surface area contributed by atoms with Crippen LogP contribution in [0.2, 0.25) is 0 Å². The first-order chi connectivity index (χ1) is 7.60. The Kier molecular flexibility index (Phi) is 3.93. The fourth-order valence-electron chi connectivity index (χ4n) is 1.02.